The van der Waals surface area contributed by atoms with Crippen molar-refractivity contribution in [3.8, 4) is 11.6 Å². The summed E-state index contributed by atoms with van der Waals surface area (Å²) in [7, 11) is 0. The first-order valence-electron chi connectivity index (χ1n) is 6.02. The van der Waals surface area contributed by atoms with Gasteiger partial charge < -0.3 is 10.5 Å². The summed E-state index contributed by atoms with van der Waals surface area (Å²) >= 11 is 0. The van der Waals surface area contributed by atoms with E-state index in [0.717, 1.165) is 0 Å². The quantitative estimate of drug-likeness (QED) is 0.787. The molecule has 0 saturated carbocycles. The predicted octanol–water partition coefficient (Wildman–Crippen LogP) is 1.82. The molecule has 6 nitrogen and oxygen atoms in total. The van der Waals surface area contributed by atoms with Gasteiger partial charge in [-0.3, -0.25) is 4.40 Å². The molecule has 0 fully saturated rings. The number of nitrogens with zero attached hydrogens (tertiary/aromatic N) is 4. The third-order valence-corrected chi connectivity index (χ3v) is 2.95. The fourth-order valence-corrected chi connectivity index (χ4v) is 1.93. The number of hydrogen-bond donors (Lipinski definition) is 1. The highest BCUT2D eigenvalue weighted by Gasteiger charge is 2.13. The number of fused-ring (bicyclic) bond motifs is 1. The molecule has 0 spiro atoms. The van der Waals surface area contributed by atoms with Crippen molar-refractivity contribution in [2.45, 2.75) is 13.5 Å². The summed E-state index contributed by atoms with van der Waals surface area (Å²) in [4.78, 5) is 4.11. The second-order valence-electron chi connectivity index (χ2n) is 4.20. The highest BCUT2D eigenvalue weighted by Crippen LogP contribution is 2.27. The van der Waals surface area contributed by atoms with Crippen molar-refractivity contribution < 1.29 is 9.13 Å². The van der Waals surface area contributed by atoms with E-state index in [1.54, 1.807) is 28.9 Å². The molecule has 0 atom stereocenters. The molecule has 2 heterocycles. The van der Waals surface area contributed by atoms with Crippen LogP contribution in [0.1, 0.15) is 11.4 Å². The van der Waals surface area contributed by atoms with Gasteiger partial charge in [0, 0.05) is 24.5 Å². The van der Waals surface area contributed by atoms with E-state index in [9.17, 15) is 4.39 Å². The number of nitrogens with two attached hydrogens (primary N) is 1. The minimum Gasteiger partial charge on any atom is -0.435 e. The van der Waals surface area contributed by atoms with Crippen LogP contribution in [0.5, 0.6) is 11.6 Å². The molecule has 0 bridgehead atoms. The summed E-state index contributed by atoms with van der Waals surface area (Å²) in [5.41, 5.74) is 6.32. The van der Waals surface area contributed by atoms with Gasteiger partial charge in [0.25, 0.3) is 5.88 Å². The van der Waals surface area contributed by atoms with Crippen LogP contribution in [0.3, 0.4) is 0 Å². The summed E-state index contributed by atoms with van der Waals surface area (Å²) < 4.78 is 21.1. The van der Waals surface area contributed by atoms with Gasteiger partial charge in [0.2, 0.25) is 5.65 Å². The van der Waals surface area contributed by atoms with Crippen molar-refractivity contribution >= 4 is 5.65 Å². The maximum Gasteiger partial charge on any atom is 0.265 e. The van der Waals surface area contributed by atoms with Crippen molar-refractivity contribution in [2.24, 2.45) is 5.73 Å². The van der Waals surface area contributed by atoms with Crippen molar-refractivity contribution in [1.29, 1.82) is 0 Å². The highest BCUT2D eigenvalue weighted by molar-refractivity contribution is 5.51. The number of halogens is 1. The fourth-order valence-electron chi connectivity index (χ4n) is 1.93. The van der Waals surface area contributed by atoms with Gasteiger partial charge in [0.05, 0.1) is 0 Å². The first kappa shape index (κ1) is 12.5. The Kier molecular flexibility index (Phi) is 3.03. The van der Waals surface area contributed by atoms with E-state index in [1.807, 2.05) is 6.92 Å². The van der Waals surface area contributed by atoms with E-state index in [0.29, 0.717) is 22.8 Å². The number of ether oxygens (including phenoxy) is 1. The van der Waals surface area contributed by atoms with Crippen LogP contribution >= 0.6 is 0 Å². The SMILES string of the molecule is Cc1nnc2c(Oc3cccc(F)c3CN)nccn12. The molecule has 2 N–H and O–H groups in total. The van der Waals surface area contributed by atoms with Crippen LogP contribution in [0.15, 0.2) is 30.6 Å². The van der Waals surface area contributed by atoms with Crippen LogP contribution in [0.4, 0.5) is 4.39 Å². The number of rotatable bonds is 3. The highest BCUT2D eigenvalue weighted by atomic mass is 19.1. The zero-order valence-electron chi connectivity index (χ0n) is 10.7. The summed E-state index contributed by atoms with van der Waals surface area (Å²) in [6.45, 7) is 1.86. The van der Waals surface area contributed by atoms with Crippen LogP contribution in [0.25, 0.3) is 5.65 Å². The first-order chi connectivity index (χ1) is 9.70. The maximum atomic E-state index is 13.7. The molecule has 0 aliphatic rings. The van der Waals surface area contributed by atoms with Crippen molar-refractivity contribution in [2.75, 3.05) is 0 Å². The Morgan fingerprint density at radius 2 is 2.20 bits per heavy atom. The van der Waals surface area contributed by atoms with E-state index in [2.05, 4.69) is 15.2 Å². The monoisotopic (exact) mass is 273 g/mol. The van der Waals surface area contributed by atoms with Gasteiger partial charge in [-0.05, 0) is 19.1 Å². The van der Waals surface area contributed by atoms with E-state index in [-0.39, 0.29) is 12.4 Å². The lowest BCUT2D eigenvalue weighted by Gasteiger charge is -2.10. The summed E-state index contributed by atoms with van der Waals surface area (Å²) in [6, 6.07) is 4.53. The molecule has 0 aliphatic carbocycles. The summed E-state index contributed by atoms with van der Waals surface area (Å²) in [6.07, 6.45) is 3.30. The second-order valence-corrected chi connectivity index (χ2v) is 4.20. The van der Waals surface area contributed by atoms with Gasteiger partial charge in [0.1, 0.15) is 17.4 Å². The molecule has 0 saturated heterocycles. The largest absolute Gasteiger partial charge is 0.435 e. The van der Waals surface area contributed by atoms with E-state index >= 15 is 0 Å². The summed E-state index contributed by atoms with van der Waals surface area (Å²) in [5, 5.41) is 7.95. The lowest BCUT2D eigenvalue weighted by molar-refractivity contribution is 0.451. The molecule has 20 heavy (non-hydrogen) atoms. The average molecular weight is 273 g/mol. The van der Waals surface area contributed by atoms with E-state index in [4.69, 9.17) is 10.5 Å². The average Bonchev–Trinajstić information content (AvgIpc) is 2.82. The minimum atomic E-state index is -0.408. The van der Waals surface area contributed by atoms with Gasteiger partial charge >= 0.3 is 0 Å². The Morgan fingerprint density at radius 3 is 3.00 bits per heavy atom. The molecule has 0 aliphatic heterocycles. The summed E-state index contributed by atoms with van der Waals surface area (Å²) in [5.74, 6) is 0.891. The van der Waals surface area contributed by atoms with Crippen LogP contribution in [-0.2, 0) is 6.54 Å². The first-order valence-corrected chi connectivity index (χ1v) is 6.02. The van der Waals surface area contributed by atoms with E-state index in [1.165, 1.54) is 6.07 Å². The smallest absolute Gasteiger partial charge is 0.265 e. The standard InChI is InChI=1S/C13H12FN5O/c1-8-17-18-12-13(16-5-6-19(8)12)20-11-4-2-3-10(14)9(11)7-15/h2-6H,7,15H2,1H3. The Balaban J connectivity index is 2.08. The van der Waals surface area contributed by atoms with Crippen molar-refractivity contribution in [1.82, 2.24) is 19.6 Å². The Morgan fingerprint density at radius 1 is 1.35 bits per heavy atom. The lowest BCUT2D eigenvalue weighted by Crippen LogP contribution is -2.03. The molecule has 1 aromatic carbocycles. The van der Waals surface area contributed by atoms with Gasteiger partial charge in [-0.15, -0.1) is 10.2 Å². The molecule has 102 valence electrons. The predicted molar refractivity (Wildman–Crippen MR) is 69.9 cm³/mol. The zero-order chi connectivity index (χ0) is 14.1. The second kappa shape index (κ2) is 4.86. The van der Waals surface area contributed by atoms with Crippen LogP contribution in [-0.4, -0.2) is 19.6 Å². The van der Waals surface area contributed by atoms with Gasteiger partial charge in [0.15, 0.2) is 0 Å². The molecule has 2 aromatic heterocycles. The molecule has 3 rings (SSSR count). The van der Waals surface area contributed by atoms with Gasteiger partial charge in [-0.1, -0.05) is 6.07 Å². The number of aromatic nitrogens is 4. The molecular weight excluding hydrogens is 261 g/mol. The maximum absolute atomic E-state index is 13.7. The number of benzene rings is 1. The van der Waals surface area contributed by atoms with E-state index < -0.39 is 5.82 Å². The third-order valence-electron chi connectivity index (χ3n) is 2.95. The topological polar surface area (TPSA) is 78.3 Å². The van der Waals surface area contributed by atoms with Crippen LogP contribution in [0.2, 0.25) is 0 Å². The van der Waals surface area contributed by atoms with Crippen molar-refractivity contribution in [3.05, 3.63) is 47.8 Å². The Labute approximate surface area is 114 Å². The molecule has 3 aromatic rings. The molecule has 0 radical (unpaired) electrons. The third kappa shape index (κ3) is 1.97. The lowest BCUT2D eigenvalue weighted by atomic mass is 10.2. The Hall–Kier alpha value is -2.54. The van der Waals surface area contributed by atoms with Crippen LogP contribution < -0.4 is 10.5 Å². The van der Waals surface area contributed by atoms with Gasteiger partial charge in [-0.25, -0.2) is 9.37 Å². The molecule has 0 unspecified atom stereocenters. The zero-order valence-corrected chi connectivity index (χ0v) is 10.7. The molecule has 0 amide bonds. The normalized spacial score (nSPS) is 10.9. The number of hydrogen-bond acceptors (Lipinski definition) is 5. The number of aryl methyl sites for hydroxylation is 1. The van der Waals surface area contributed by atoms with Crippen molar-refractivity contribution in [3.63, 3.8) is 0 Å². The Bertz CT molecular complexity index is 771. The minimum absolute atomic E-state index is 0.0385. The molecular formula is C13H12FN5O. The van der Waals surface area contributed by atoms with Crippen LogP contribution in [0, 0.1) is 12.7 Å². The van der Waals surface area contributed by atoms with Gasteiger partial charge in [-0.2, -0.15) is 0 Å². The fraction of sp³-hybridized carbons (Fsp3) is 0.154. The molecule has 7 heteroatoms.